The molecule has 0 aliphatic carbocycles. The van der Waals surface area contributed by atoms with Crippen LogP contribution in [0.5, 0.6) is 0 Å². The van der Waals surface area contributed by atoms with Gasteiger partial charge in [0.2, 0.25) is 0 Å². The van der Waals surface area contributed by atoms with Crippen molar-refractivity contribution in [2.24, 2.45) is 11.8 Å². The first-order valence-corrected chi connectivity index (χ1v) is 8.58. The van der Waals surface area contributed by atoms with Gasteiger partial charge in [-0.25, -0.2) is 0 Å². The van der Waals surface area contributed by atoms with Crippen molar-refractivity contribution in [3.05, 3.63) is 5.82 Å². The number of aryl methyl sites for hydroxylation is 1. The SMILES string of the molecule is CCC1C[N+](C)(C)CC1CC.Cc1nnc(S(=O)(=O)F)[n-]1. The van der Waals surface area contributed by atoms with Crippen LogP contribution in [0.1, 0.15) is 32.5 Å². The summed E-state index contributed by atoms with van der Waals surface area (Å²) in [5.74, 6) is 2.13. The molecule has 2 rings (SSSR count). The summed E-state index contributed by atoms with van der Waals surface area (Å²) in [5.41, 5.74) is 0. The van der Waals surface area contributed by atoms with Gasteiger partial charge in [0.15, 0.2) is 0 Å². The molecule has 0 N–H and O–H groups in total. The molecule has 1 aromatic heterocycles. The molecule has 0 amide bonds. The summed E-state index contributed by atoms with van der Waals surface area (Å²) in [6.07, 6.45) is 2.75. The molecule has 1 aliphatic rings. The highest BCUT2D eigenvalue weighted by Gasteiger charge is 2.37. The molecule has 1 fully saturated rings. The Kier molecular flexibility index (Phi) is 5.86. The monoisotopic (exact) mass is 320 g/mol. The van der Waals surface area contributed by atoms with Gasteiger partial charge in [0.05, 0.1) is 27.2 Å². The number of nitrogens with zero attached hydrogens (tertiary/aromatic N) is 4. The van der Waals surface area contributed by atoms with Crippen LogP contribution in [-0.4, -0.2) is 50.3 Å². The van der Waals surface area contributed by atoms with E-state index in [1.807, 2.05) is 0 Å². The minimum Gasteiger partial charge on any atom is -0.353 e. The van der Waals surface area contributed by atoms with Crippen molar-refractivity contribution in [2.75, 3.05) is 27.2 Å². The van der Waals surface area contributed by atoms with Crippen molar-refractivity contribution < 1.29 is 16.8 Å². The smallest absolute Gasteiger partial charge is 0.337 e. The van der Waals surface area contributed by atoms with Crippen LogP contribution in [0.3, 0.4) is 0 Å². The van der Waals surface area contributed by atoms with Gasteiger partial charge in [0, 0.05) is 11.8 Å². The molecule has 6 nitrogen and oxygen atoms in total. The minimum atomic E-state index is -4.77. The summed E-state index contributed by atoms with van der Waals surface area (Å²) >= 11 is 0. The van der Waals surface area contributed by atoms with Gasteiger partial charge in [-0.3, -0.25) is 0 Å². The van der Waals surface area contributed by atoms with E-state index in [-0.39, 0.29) is 5.82 Å². The predicted octanol–water partition coefficient (Wildman–Crippen LogP) is 1.53. The van der Waals surface area contributed by atoms with Gasteiger partial charge < -0.3 is 19.7 Å². The number of halogens is 1. The molecule has 0 aromatic carbocycles. The zero-order valence-electron chi connectivity index (χ0n) is 13.4. The number of hydrogen-bond donors (Lipinski definition) is 0. The highest BCUT2D eigenvalue weighted by molar-refractivity contribution is 7.86. The van der Waals surface area contributed by atoms with E-state index >= 15 is 0 Å². The summed E-state index contributed by atoms with van der Waals surface area (Å²) in [4.78, 5) is 3.20. The molecule has 1 saturated heterocycles. The largest absolute Gasteiger partial charge is 0.353 e. The van der Waals surface area contributed by atoms with Gasteiger partial charge in [-0.15, -0.1) is 0 Å². The fourth-order valence-electron chi connectivity index (χ4n) is 2.97. The number of quaternary nitrogens is 1. The van der Waals surface area contributed by atoms with Gasteiger partial charge in [-0.2, -0.15) is 8.42 Å². The summed E-state index contributed by atoms with van der Waals surface area (Å²) in [6.45, 7) is 8.88. The van der Waals surface area contributed by atoms with E-state index < -0.39 is 15.4 Å². The summed E-state index contributed by atoms with van der Waals surface area (Å²) in [6, 6.07) is 0. The molecule has 8 heteroatoms. The maximum Gasteiger partial charge on any atom is 0.337 e. The Morgan fingerprint density at radius 3 is 1.90 bits per heavy atom. The van der Waals surface area contributed by atoms with E-state index in [1.165, 1.54) is 37.3 Å². The minimum absolute atomic E-state index is 0.135. The van der Waals surface area contributed by atoms with E-state index in [9.17, 15) is 12.3 Å². The van der Waals surface area contributed by atoms with Crippen molar-refractivity contribution in [3.8, 4) is 0 Å². The van der Waals surface area contributed by atoms with Crippen molar-refractivity contribution in [3.63, 3.8) is 0 Å². The maximum absolute atomic E-state index is 11.9. The van der Waals surface area contributed by atoms with Gasteiger partial charge >= 0.3 is 10.2 Å². The van der Waals surface area contributed by atoms with Crippen LogP contribution in [0.2, 0.25) is 0 Å². The Labute approximate surface area is 126 Å². The molecule has 0 saturated carbocycles. The molecular weight excluding hydrogens is 295 g/mol. The molecule has 0 spiro atoms. The average molecular weight is 320 g/mol. The fraction of sp³-hybridized carbons (Fsp3) is 0.846. The van der Waals surface area contributed by atoms with Crippen LogP contribution in [0.15, 0.2) is 5.16 Å². The zero-order chi connectivity index (χ0) is 16.3. The molecule has 2 atom stereocenters. The molecular formula is C13H25FN4O2S. The number of rotatable bonds is 3. The Morgan fingerprint density at radius 2 is 1.67 bits per heavy atom. The zero-order valence-corrected chi connectivity index (χ0v) is 14.2. The average Bonchev–Trinajstić information content (AvgIpc) is 2.92. The molecule has 1 aliphatic heterocycles. The van der Waals surface area contributed by atoms with Gasteiger partial charge in [0.1, 0.15) is 5.16 Å². The van der Waals surface area contributed by atoms with Gasteiger partial charge in [-0.05, 0) is 25.6 Å². The molecule has 2 unspecified atom stereocenters. The lowest BCUT2D eigenvalue weighted by Crippen LogP contribution is -2.36. The standard InChI is InChI=1S/C10H22N.C3H3FN3O2S/c1-5-9-7-11(3,4)8-10(9)6-2;1-2-5-3(7-6-2)10(4,8)9/h9-10H,5-8H2,1-4H3;1H3/q+1;-1. The Morgan fingerprint density at radius 1 is 1.19 bits per heavy atom. The molecule has 0 radical (unpaired) electrons. The first-order valence-electron chi connectivity index (χ1n) is 7.19. The van der Waals surface area contributed by atoms with Gasteiger partial charge in [0.25, 0.3) is 0 Å². The van der Waals surface area contributed by atoms with Crippen LogP contribution in [0, 0.1) is 18.8 Å². The Hall–Kier alpha value is -1.02. The summed E-state index contributed by atoms with van der Waals surface area (Å²) in [5, 5.41) is 5.30. The third kappa shape index (κ3) is 5.35. The lowest BCUT2D eigenvalue weighted by molar-refractivity contribution is -0.880. The predicted molar refractivity (Wildman–Crippen MR) is 77.8 cm³/mol. The Balaban J connectivity index is 0.000000211. The first-order chi connectivity index (χ1) is 9.59. The normalized spacial score (nSPS) is 24.5. The highest BCUT2D eigenvalue weighted by Crippen LogP contribution is 2.30. The third-order valence-electron chi connectivity index (χ3n) is 3.93. The highest BCUT2D eigenvalue weighted by atomic mass is 32.3. The second kappa shape index (κ2) is 6.83. The molecule has 2 heterocycles. The number of aromatic nitrogens is 3. The maximum atomic E-state index is 11.9. The van der Waals surface area contributed by atoms with E-state index in [1.54, 1.807) is 0 Å². The van der Waals surface area contributed by atoms with E-state index in [4.69, 9.17) is 0 Å². The van der Waals surface area contributed by atoms with Crippen LogP contribution in [0.4, 0.5) is 3.89 Å². The first kappa shape index (κ1) is 18.0. The second-order valence-electron chi connectivity index (χ2n) is 6.22. The second-order valence-corrected chi connectivity index (χ2v) is 7.46. The Bertz CT molecular complexity index is 542. The van der Waals surface area contributed by atoms with Crippen LogP contribution < -0.4 is 4.98 Å². The number of likely N-dealkylation sites (tertiary alicyclic amines) is 1. The van der Waals surface area contributed by atoms with Crippen molar-refractivity contribution >= 4 is 10.2 Å². The van der Waals surface area contributed by atoms with E-state index in [0.29, 0.717) is 0 Å². The van der Waals surface area contributed by atoms with E-state index in [0.717, 1.165) is 11.8 Å². The molecule has 122 valence electrons. The lowest BCUT2D eigenvalue weighted by Gasteiger charge is -2.23. The van der Waals surface area contributed by atoms with E-state index in [2.05, 4.69) is 43.1 Å². The van der Waals surface area contributed by atoms with Crippen molar-refractivity contribution in [1.29, 1.82) is 0 Å². The van der Waals surface area contributed by atoms with Crippen LogP contribution in [-0.2, 0) is 10.2 Å². The molecule has 21 heavy (non-hydrogen) atoms. The summed E-state index contributed by atoms with van der Waals surface area (Å²) < 4.78 is 33.2. The van der Waals surface area contributed by atoms with Crippen LogP contribution in [0.25, 0.3) is 0 Å². The quantitative estimate of drug-likeness (QED) is 0.624. The molecule has 0 bridgehead atoms. The number of hydrogen-bond acceptors (Lipinski definition) is 4. The fourth-order valence-corrected chi connectivity index (χ4v) is 3.35. The summed E-state index contributed by atoms with van der Waals surface area (Å²) in [7, 11) is -0.0478. The van der Waals surface area contributed by atoms with Crippen molar-refractivity contribution in [2.45, 2.75) is 38.8 Å². The van der Waals surface area contributed by atoms with Gasteiger partial charge in [-0.1, -0.05) is 17.7 Å². The van der Waals surface area contributed by atoms with Crippen molar-refractivity contribution in [1.82, 2.24) is 15.2 Å². The third-order valence-corrected chi connectivity index (χ3v) is 4.54. The topological polar surface area (TPSA) is 74.0 Å². The lowest BCUT2D eigenvalue weighted by atomic mass is 9.92. The van der Waals surface area contributed by atoms with Crippen LogP contribution >= 0.6 is 0 Å². The molecule has 1 aromatic rings.